The van der Waals surface area contributed by atoms with E-state index in [1.165, 1.54) is 0 Å². The lowest BCUT2D eigenvalue weighted by atomic mass is 10.3. The minimum atomic E-state index is -0.106. The fraction of sp³-hybridized carbons (Fsp3) is 0.267. The molecule has 5 heteroatoms. The summed E-state index contributed by atoms with van der Waals surface area (Å²) in [6.07, 6.45) is 1.61. The zero-order valence-corrected chi connectivity index (χ0v) is 11.4. The molecule has 0 saturated heterocycles. The number of ether oxygens (including phenoxy) is 1. The second-order valence-electron chi connectivity index (χ2n) is 4.19. The number of hydrogen-bond donors (Lipinski definition) is 2. The van der Waals surface area contributed by atoms with Crippen molar-refractivity contribution in [1.82, 2.24) is 5.32 Å². The van der Waals surface area contributed by atoms with Gasteiger partial charge in [0.25, 0.3) is 0 Å². The number of amides is 1. The summed E-state index contributed by atoms with van der Waals surface area (Å²) < 4.78 is 10.5. The summed E-state index contributed by atoms with van der Waals surface area (Å²) in [7, 11) is 0. The Hall–Kier alpha value is -2.27. The molecular weight excluding hydrogens is 256 g/mol. The molecule has 0 bridgehead atoms. The summed E-state index contributed by atoms with van der Waals surface area (Å²) in [5.74, 6) is 1.44. The van der Waals surface area contributed by atoms with E-state index in [2.05, 4.69) is 10.6 Å². The van der Waals surface area contributed by atoms with Crippen LogP contribution in [-0.4, -0.2) is 19.1 Å². The lowest BCUT2D eigenvalue weighted by Crippen LogP contribution is -2.27. The Labute approximate surface area is 117 Å². The van der Waals surface area contributed by atoms with E-state index in [0.29, 0.717) is 13.2 Å². The van der Waals surface area contributed by atoms with E-state index in [1.54, 1.807) is 12.3 Å². The van der Waals surface area contributed by atoms with Gasteiger partial charge in [-0.25, -0.2) is 0 Å². The van der Waals surface area contributed by atoms with Crippen LogP contribution in [0.25, 0.3) is 0 Å². The van der Waals surface area contributed by atoms with Crippen molar-refractivity contribution in [3.05, 3.63) is 48.4 Å². The summed E-state index contributed by atoms with van der Waals surface area (Å²) in [6, 6.07) is 11.0. The molecule has 0 saturated carbocycles. The van der Waals surface area contributed by atoms with Crippen LogP contribution in [0, 0.1) is 0 Å². The molecule has 5 nitrogen and oxygen atoms in total. The Bertz CT molecular complexity index is 538. The van der Waals surface area contributed by atoms with E-state index in [-0.39, 0.29) is 12.5 Å². The largest absolute Gasteiger partial charge is 0.494 e. The van der Waals surface area contributed by atoms with Gasteiger partial charge in [-0.3, -0.25) is 4.79 Å². The lowest BCUT2D eigenvalue weighted by molar-refractivity contribution is -0.115. The Morgan fingerprint density at radius 2 is 2.20 bits per heavy atom. The number of hydrogen-bond acceptors (Lipinski definition) is 4. The number of anilines is 1. The minimum absolute atomic E-state index is 0.106. The monoisotopic (exact) mass is 274 g/mol. The molecule has 1 aromatic carbocycles. The Balaban J connectivity index is 1.77. The second-order valence-corrected chi connectivity index (χ2v) is 4.19. The number of carbonyl (C=O) groups is 1. The summed E-state index contributed by atoms with van der Waals surface area (Å²) >= 11 is 0. The van der Waals surface area contributed by atoms with E-state index >= 15 is 0 Å². The average Bonchev–Trinajstić information content (AvgIpc) is 2.93. The fourth-order valence-corrected chi connectivity index (χ4v) is 1.75. The maximum atomic E-state index is 11.8. The highest BCUT2D eigenvalue weighted by molar-refractivity contribution is 5.92. The van der Waals surface area contributed by atoms with Crippen LogP contribution in [0.2, 0.25) is 0 Å². The molecule has 0 spiro atoms. The molecule has 106 valence electrons. The fourth-order valence-electron chi connectivity index (χ4n) is 1.75. The van der Waals surface area contributed by atoms with Crippen molar-refractivity contribution in [1.29, 1.82) is 0 Å². The van der Waals surface area contributed by atoms with Gasteiger partial charge in [0.15, 0.2) is 0 Å². The van der Waals surface area contributed by atoms with Gasteiger partial charge in [-0.1, -0.05) is 6.07 Å². The molecule has 1 heterocycles. The molecule has 1 aromatic heterocycles. The predicted octanol–water partition coefficient (Wildman–Crippen LogP) is 2.41. The molecule has 0 aliphatic carbocycles. The predicted molar refractivity (Wildman–Crippen MR) is 76.7 cm³/mol. The van der Waals surface area contributed by atoms with E-state index in [1.807, 2.05) is 37.3 Å². The minimum Gasteiger partial charge on any atom is -0.494 e. The van der Waals surface area contributed by atoms with Gasteiger partial charge in [-0.15, -0.1) is 0 Å². The summed E-state index contributed by atoms with van der Waals surface area (Å²) in [4.78, 5) is 11.8. The Morgan fingerprint density at radius 3 is 2.95 bits per heavy atom. The lowest BCUT2D eigenvalue weighted by Gasteiger charge is -2.08. The van der Waals surface area contributed by atoms with E-state index < -0.39 is 0 Å². The van der Waals surface area contributed by atoms with Crippen LogP contribution in [0.1, 0.15) is 12.7 Å². The first-order valence-corrected chi connectivity index (χ1v) is 6.53. The smallest absolute Gasteiger partial charge is 0.238 e. The van der Waals surface area contributed by atoms with Crippen molar-refractivity contribution in [3.63, 3.8) is 0 Å². The van der Waals surface area contributed by atoms with Gasteiger partial charge in [0.05, 0.1) is 26.0 Å². The second kappa shape index (κ2) is 7.35. The van der Waals surface area contributed by atoms with Crippen LogP contribution >= 0.6 is 0 Å². The van der Waals surface area contributed by atoms with Crippen molar-refractivity contribution in [2.75, 3.05) is 18.5 Å². The van der Waals surface area contributed by atoms with Crippen molar-refractivity contribution in [2.45, 2.75) is 13.5 Å². The van der Waals surface area contributed by atoms with Crippen molar-refractivity contribution in [2.24, 2.45) is 0 Å². The molecule has 0 unspecified atom stereocenters. The van der Waals surface area contributed by atoms with Gasteiger partial charge in [0, 0.05) is 11.8 Å². The highest BCUT2D eigenvalue weighted by Crippen LogP contribution is 2.16. The summed E-state index contributed by atoms with van der Waals surface area (Å²) in [5, 5.41) is 5.82. The highest BCUT2D eigenvalue weighted by Gasteiger charge is 2.03. The number of rotatable bonds is 7. The molecule has 0 radical (unpaired) electrons. The Morgan fingerprint density at radius 1 is 1.30 bits per heavy atom. The van der Waals surface area contributed by atoms with Gasteiger partial charge in [-0.2, -0.15) is 0 Å². The molecular formula is C15H18N2O3. The van der Waals surface area contributed by atoms with Crippen LogP contribution < -0.4 is 15.4 Å². The van der Waals surface area contributed by atoms with Crippen LogP contribution in [0.5, 0.6) is 5.75 Å². The van der Waals surface area contributed by atoms with Gasteiger partial charge < -0.3 is 19.8 Å². The van der Waals surface area contributed by atoms with Crippen LogP contribution in [0.15, 0.2) is 47.1 Å². The molecule has 0 aliphatic rings. The van der Waals surface area contributed by atoms with Crippen molar-refractivity contribution in [3.8, 4) is 5.75 Å². The highest BCUT2D eigenvalue weighted by atomic mass is 16.5. The van der Waals surface area contributed by atoms with Gasteiger partial charge in [0.2, 0.25) is 5.91 Å². The van der Waals surface area contributed by atoms with Crippen molar-refractivity contribution < 1.29 is 13.9 Å². The first kappa shape index (κ1) is 14.1. The molecule has 0 atom stereocenters. The van der Waals surface area contributed by atoms with Gasteiger partial charge in [0.1, 0.15) is 11.5 Å². The maximum Gasteiger partial charge on any atom is 0.238 e. The SMILES string of the molecule is CCOc1cccc(NC(=O)CNCc2ccco2)c1. The zero-order valence-electron chi connectivity index (χ0n) is 11.4. The number of carbonyl (C=O) groups excluding carboxylic acids is 1. The Kier molecular flexibility index (Phi) is 5.20. The number of nitrogens with one attached hydrogen (secondary N) is 2. The van der Waals surface area contributed by atoms with Gasteiger partial charge in [-0.05, 0) is 31.2 Å². The maximum absolute atomic E-state index is 11.8. The molecule has 20 heavy (non-hydrogen) atoms. The molecule has 0 aliphatic heterocycles. The summed E-state index contributed by atoms with van der Waals surface area (Å²) in [5.41, 5.74) is 0.723. The van der Waals surface area contributed by atoms with Crippen LogP contribution in [0.3, 0.4) is 0 Å². The molecule has 2 N–H and O–H groups in total. The topological polar surface area (TPSA) is 63.5 Å². The third kappa shape index (κ3) is 4.44. The average molecular weight is 274 g/mol. The molecule has 0 fully saturated rings. The normalized spacial score (nSPS) is 10.2. The van der Waals surface area contributed by atoms with Crippen LogP contribution in [0.4, 0.5) is 5.69 Å². The number of furan rings is 1. The van der Waals surface area contributed by atoms with E-state index in [9.17, 15) is 4.79 Å². The van der Waals surface area contributed by atoms with Crippen molar-refractivity contribution >= 4 is 11.6 Å². The number of benzene rings is 1. The first-order valence-electron chi connectivity index (χ1n) is 6.53. The van der Waals surface area contributed by atoms with Crippen LogP contribution in [-0.2, 0) is 11.3 Å². The van der Waals surface area contributed by atoms with E-state index in [4.69, 9.17) is 9.15 Å². The van der Waals surface area contributed by atoms with E-state index in [0.717, 1.165) is 17.2 Å². The molecule has 2 rings (SSSR count). The third-order valence-electron chi connectivity index (χ3n) is 2.59. The molecule has 2 aromatic rings. The molecule has 1 amide bonds. The quantitative estimate of drug-likeness (QED) is 0.814. The first-order chi connectivity index (χ1) is 9.78. The van der Waals surface area contributed by atoms with Gasteiger partial charge >= 0.3 is 0 Å². The zero-order chi connectivity index (χ0) is 14.2. The standard InChI is InChI=1S/C15H18N2O3/c1-2-19-13-6-3-5-12(9-13)17-15(18)11-16-10-14-7-4-8-20-14/h3-9,16H,2,10-11H2,1H3,(H,17,18). The summed E-state index contributed by atoms with van der Waals surface area (Å²) in [6.45, 7) is 3.27. The third-order valence-corrected chi connectivity index (χ3v) is 2.59.